The maximum Gasteiger partial charge on any atom is 0.260 e. The zero-order chi connectivity index (χ0) is 22.3. The van der Waals surface area contributed by atoms with E-state index in [2.05, 4.69) is 4.72 Å². The Bertz CT molecular complexity index is 1120. The van der Waals surface area contributed by atoms with Gasteiger partial charge in [0.05, 0.1) is 4.90 Å². The molecule has 3 rings (SSSR count). The van der Waals surface area contributed by atoms with Gasteiger partial charge in [-0.3, -0.25) is 4.79 Å². The number of nitrogens with zero attached hydrogens (tertiary/aromatic N) is 1. The summed E-state index contributed by atoms with van der Waals surface area (Å²) >= 11 is 0. The van der Waals surface area contributed by atoms with Crippen LogP contribution < -0.4 is 9.46 Å². The number of hydrogen-bond acceptors (Lipinski definition) is 4. The number of hydrogen-bond donors (Lipinski definition) is 1. The minimum atomic E-state index is -3.66. The minimum Gasteiger partial charge on any atom is -0.483 e. The molecule has 0 saturated carbocycles. The molecule has 0 bridgehead atoms. The van der Waals surface area contributed by atoms with Crippen molar-refractivity contribution in [2.45, 2.75) is 24.9 Å². The van der Waals surface area contributed by atoms with E-state index in [4.69, 9.17) is 4.74 Å². The number of benzene rings is 3. The number of rotatable bonds is 9. The Hall–Kier alpha value is -3.16. The summed E-state index contributed by atoms with van der Waals surface area (Å²) in [7, 11) is -1.94. The maximum absolute atomic E-state index is 12.6. The summed E-state index contributed by atoms with van der Waals surface area (Å²) < 4.78 is 33.4. The van der Waals surface area contributed by atoms with Crippen LogP contribution in [0.5, 0.6) is 5.75 Å². The molecule has 0 saturated heterocycles. The zero-order valence-corrected chi connectivity index (χ0v) is 18.4. The molecule has 0 spiro atoms. The van der Waals surface area contributed by atoms with E-state index >= 15 is 0 Å². The molecule has 6 nitrogen and oxygen atoms in total. The predicted molar refractivity (Wildman–Crippen MR) is 120 cm³/mol. The third-order valence-electron chi connectivity index (χ3n) is 4.81. The van der Waals surface area contributed by atoms with E-state index in [1.807, 2.05) is 60.7 Å². The monoisotopic (exact) mass is 438 g/mol. The standard InChI is InChI=1S/C24H26N2O4S/c1-19-15-22(31(28,29)25-16-20-9-5-3-6-10-20)13-14-23(19)30-18-24(27)26(2)17-21-11-7-4-8-12-21/h3-15,25H,16-18H2,1-2H3. The minimum absolute atomic E-state index is 0.122. The molecule has 1 N–H and O–H groups in total. The first-order valence-corrected chi connectivity index (χ1v) is 11.4. The van der Waals surface area contributed by atoms with Gasteiger partial charge in [-0.15, -0.1) is 0 Å². The second-order valence-corrected chi connectivity index (χ2v) is 9.03. The van der Waals surface area contributed by atoms with Crippen LogP contribution in [0.2, 0.25) is 0 Å². The Kier molecular flexibility index (Phi) is 7.44. The van der Waals surface area contributed by atoms with Gasteiger partial charge in [0.25, 0.3) is 5.91 Å². The summed E-state index contributed by atoms with van der Waals surface area (Å²) in [6.07, 6.45) is 0. The van der Waals surface area contributed by atoms with Gasteiger partial charge >= 0.3 is 0 Å². The van der Waals surface area contributed by atoms with Crippen LogP contribution in [0.4, 0.5) is 0 Å². The zero-order valence-electron chi connectivity index (χ0n) is 17.6. The summed E-state index contributed by atoms with van der Waals surface area (Å²) in [6.45, 7) is 2.33. The van der Waals surface area contributed by atoms with Crippen molar-refractivity contribution in [1.82, 2.24) is 9.62 Å². The van der Waals surface area contributed by atoms with Crippen LogP contribution in [0.3, 0.4) is 0 Å². The Morgan fingerprint density at radius 2 is 1.55 bits per heavy atom. The van der Waals surface area contributed by atoms with Crippen molar-refractivity contribution in [2.24, 2.45) is 0 Å². The van der Waals surface area contributed by atoms with Crippen LogP contribution in [-0.2, 0) is 27.9 Å². The molecule has 31 heavy (non-hydrogen) atoms. The molecular weight excluding hydrogens is 412 g/mol. The van der Waals surface area contributed by atoms with Gasteiger partial charge in [0, 0.05) is 20.1 Å². The summed E-state index contributed by atoms with van der Waals surface area (Å²) in [6, 6.07) is 23.6. The van der Waals surface area contributed by atoms with Gasteiger partial charge in [-0.1, -0.05) is 60.7 Å². The summed E-state index contributed by atoms with van der Waals surface area (Å²) in [5.74, 6) is 0.313. The van der Waals surface area contributed by atoms with E-state index in [0.717, 1.165) is 11.1 Å². The molecule has 0 aliphatic heterocycles. The van der Waals surface area contributed by atoms with E-state index < -0.39 is 10.0 Å². The molecule has 0 radical (unpaired) electrons. The Morgan fingerprint density at radius 3 is 2.16 bits per heavy atom. The normalized spacial score (nSPS) is 11.2. The molecular formula is C24H26N2O4S. The number of aryl methyl sites for hydroxylation is 1. The lowest BCUT2D eigenvalue weighted by atomic mass is 10.2. The molecule has 1 amide bonds. The van der Waals surface area contributed by atoms with Gasteiger partial charge in [-0.2, -0.15) is 0 Å². The molecule has 0 unspecified atom stereocenters. The second-order valence-electron chi connectivity index (χ2n) is 7.26. The lowest BCUT2D eigenvalue weighted by Crippen LogP contribution is -2.31. The van der Waals surface area contributed by atoms with Crippen molar-refractivity contribution in [1.29, 1.82) is 0 Å². The van der Waals surface area contributed by atoms with E-state index in [-0.39, 0.29) is 24.0 Å². The number of sulfonamides is 1. The van der Waals surface area contributed by atoms with Crippen molar-refractivity contribution in [3.8, 4) is 5.75 Å². The molecule has 3 aromatic rings. The fourth-order valence-corrected chi connectivity index (χ4v) is 4.11. The van der Waals surface area contributed by atoms with Crippen LogP contribution in [0, 0.1) is 6.92 Å². The highest BCUT2D eigenvalue weighted by molar-refractivity contribution is 7.89. The van der Waals surface area contributed by atoms with Crippen LogP contribution >= 0.6 is 0 Å². The number of carbonyl (C=O) groups is 1. The smallest absolute Gasteiger partial charge is 0.260 e. The molecule has 162 valence electrons. The number of ether oxygens (including phenoxy) is 1. The number of likely N-dealkylation sites (N-methyl/N-ethyl adjacent to an activating group) is 1. The Balaban J connectivity index is 1.58. The molecule has 0 aliphatic carbocycles. The highest BCUT2D eigenvalue weighted by atomic mass is 32.2. The fourth-order valence-electron chi connectivity index (χ4n) is 3.00. The van der Waals surface area contributed by atoms with E-state index in [1.165, 1.54) is 6.07 Å². The predicted octanol–water partition coefficient (Wildman–Crippen LogP) is 3.51. The largest absolute Gasteiger partial charge is 0.483 e. The molecule has 0 atom stereocenters. The van der Waals surface area contributed by atoms with Gasteiger partial charge in [0.15, 0.2) is 6.61 Å². The molecule has 0 aliphatic rings. The van der Waals surface area contributed by atoms with Crippen molar-refractivity contribution in [3.05, 3.63) is 95.6 Å². The van der Waals surface area contributed by atoms with E-state index in [9.17, 15) is 13.2 Å². The van der Waals surface area contributed by atoms with Crippen molar-refractivity contribution in [2.75, 3.05) is 13.7 Å². The molecule has 0 fully saturated rings. The van der Waals surface area contributed by atoms with E-state index in [0.29, 0.717) is 17.9 Å². The van der Waals surface area contributed by atoms with Crippen LogP contribution in [0.1, 0.15) is 16.7 Å². The lowest BCUT2D eigenvalue weighted by Gasteiger charge is -2.18. The second kappa shape index (κ2) is 10.2. The van der Waals surface area contributed by atoms with Crippen molar-refractivity contribution < 1.29 is 17.9 Å². The first-order chi connectivity index (χ1) is 14.8. The highest BCUT2D eigenvalue weighted by Gasteiger charge is 2.16. The van der Waals surface area contributed by atoms with Gasteiger partial charge in [0.2, 0.25) is 10.0 Å². The fraction of sp³-hybridized carbons (Fsp3) is 0.208. The highest BCUT2D eigenvalue weighted by Crippen LogP contribution is 2.22. The Morgan fingerprint density at radius 1 is 0.935 bits per heavy atom. The first kappa shape index (κ1) is 22.5. The topological polar surface area (TPSA) is 75.7 Å². The number of amides is 1. The third-order valence-corrected chi connectivity index (χ3v) is 6.20. The molecule has 7 heteroatoms. The lowest BCUT2D eigenvalue weighted by molar-refractivity contribution is -0.132. The Labute approximate surface area is 183 Å². The average Bonchev–Trinajstić information content (AvgIpc) is 2.78. The van der Waals surface area contributed by atoms with Gasteiger partial charge < -0.3 is 9.64 Å². The van der Waals surface area contributed by atoms with Crippen LogP contribution in [0.15, 0.2) is 83.8 Å². The molecule has 0 heterocycles. The van der Waals surface area contributed by atoms with Gasteiger partial charge in [0.1, 0.15) is 5.75 Å². The van der Waals surface area contributed by atoms with Gasteiger partial charge in [-0.05, 0) is 41.8 Å². The molecule has 3 aromatic carbocycles. The summed E-state index contributed by atoms with van der Waals surface area (Å²) in [5.41, 5.74) is 2.55. The maximum atomic E-state index is 12.6. The van der Waals surface area contributed by atoms with Crippen LogP contribution in [-0.4, -0.2) is 32.9 Å². The van der Waals surface area contributed by atoms with Gasteiger partial charge in [-0.25, -0.2) is 13.1 Å². The number of carbonyl (C=O) groups excluding carboxylic acids is 1. The first-order valence-electron chi connectivity index (χ1n) is 9.90. The van der Waals surface area contributed by atoms with Crippen molar-refractivity contribution in [3.63, 3.8) is 0 Å². The van der Waals surface area contributed by atoms with Crippen molar-refractivity contribution >= 4 is 15.9 Å². The molecule has 0 aromatic heterocycles. The summed E-state index contributed by atoms with van der Waals surface area (Å²) in [4.78, 5) is 14.1. The van der Waals surface area contributed by atoms with E-state index in [1.54, 1.807) is 31.0 Å². The number of nitrogens with one attached hydrogen (secondary N) is 1. The van der Waals surface area contributed by atoms with Crippen LogP contribution in [0.25, 0.3) is 0 Å². The third kappa shape index (κ3) is 6.41. The SMILES string of the molecule is Cc1cc(S(=O)(=O)NCc2ccccc2)ccc1OCC(=O)N(C)Cc1ccccc1. The average molecular weight is 439 g/mol. The quantitative estimate of drug-likeness (QED) is 0.555. The summed E-state index contributed by atoms with van der Waals surface area (Å²) in [5, 5.41) is 0.